The van der Waals surface area contributed by atoms with Gasteiger partial charge in [-0.1, -0.05) is 49.4 Å². The highest BCUT2D eigenvalue weighted by molar-refractivity contribution is 6.01. The molecule has 0 saturated carbocycles. The molecule has 2 aromatic carbocycles. The van der Waals surface area contributed by atoms with Crippen molar-refractivity contribution in [3.05, 3.63) is 65.7 Å². The fourth-order valence-corrected chi connectivity index (χ4v) is 3.13. The zero-order valence-corrected chi connectivity index (χ0v) is 12.9. The van der Waals surface area contributed by atoms with E-state index < -0.39 is 0 Å². The molecular formula is C19H23N2O+. The van der Waals surface area contributed by atoms with Crippen molar-refractivity contribution in [3.8, 4) is 5.75 Å². The number of rotatable bonds is 4. The minimum atomic E-state index is 0.227. The molecular weight excluding hydrogens is 272 g/mol. The molecule has 0 amide bonds. The Bertz CT molecular complexity index is 651. The summed E-state index contributed by atoms with van der Waals surface area (Å²) in [6.07, 6.45) is 3.25. The quantitative estimate of drug-likeness (QED) is 0.895. The van der Waals surface area contributed by atoms with E-state index in [4.69, 9.17) is 4.99 Å². The molecule has 1 aliphatic heterocycles. The molecule has 0 radical (unpaired) electrons. The van der Waals surface area contributed by atoms with Crippen LogP contribution >= 0.6 is 0 Å². The van der Waals surface area contributed by atoms with Gasteiger partial charge in [0.1, 0.15) is 11.8 Å². The van der Waals surface area contributed by atoms with Gasteiger partial charge in [0.25, 0.3) is 0 Å². The first-order chi connectivity index (χ1) is 10.8. The lowest BCUT2D eigenvalue weighted by Gasteiger charge is -2.27. The number of para-hydroxylation sites is 1. The van der Waals surface area contributed by atoms with Crippen molar-refractivity contribution in [2.45, 2.75) is 38.4 Å². The van der Waals surface area contributed by atoms with E-state index in [1.807, 2.05) is 24.3 Å². The molecule has 0 unspecified atom stereocenters. The minimum absolute atomic E-state index is 0.227. The van der Waals surface area contributed by atoms with Crippen LogP contribution in [0.1, 0.15) is 43.4 Å². The summed E-state index contributed by atoms with van der Waals surface area (Å²) in [7, 11) is 0. The van der Waals surface area contributed by atoms with E-state index in [1.54, 1.807) is 6.07 Å². The van der Waals surface area contributed by atoms with Crippen molar-refractivity contribution in [3.63, 3.8) is 0 Å². The molecule has 0 aromatic heterocycles. The van der Waals surface area contributed by atoms with Gasteiger partial charge >= 0.3 is 0 Å². The summed E-state index contributed by atoms with van der Waals surface area (Å²) < 4.78 is 0. The third-order valence-corrected chi connectivity index (χ3v) is 4.22. The second-order valence-electron chi connectivity index (χ2n) is 5.86. The summed E-state index contributed by atoms with van der Waals surface area (Å²) in [6.45, 7) is 2.19. The summed E-state index contributed by atoms with van der Waals surface area (Å²) in [5.74, 6) is 0.383. The second kappa shape index (κ2) is 6.75. The van der Waals surface area contributed by atoms with Gasteiger partial charge in [-0.15, -0.1) is 0 Å². The van der Waals surface area contributed by atoms with Crippen LogP contribution in [0.3, 0.4) is 0 Å². The van der Waals surface area contributed by atoms with E-state index >= 15 is 0 Å². The van der Waals surface area contributed by atoms with E-state index in [2.05, 4.69) is 36.5 Å². The number of phenolic OH excluding ortho intramolecular Hbond substituents is 1. The van der Waals surface area contributed by atoms with E-state index in [0.717, 1.165) is 30.5 Å². The molecule has 3 N–H and O–H groups in total. The molecule has 3 rings (SSSR count). The highest BCUT2D eigenvalue weighted by Gasteiger charge is 2.29. The van der Waals surface area contributed by atoms with Crippen LogP contribution in [0.25, 0.3) is 0 Å². The Morgan fingerprint density at radius 3 is 2.55 bits per heavy atom. The van der Waals surface area contributed by atoms with Crippen molar-refractivity contribution in [2.24, 2.45) is 4.99 Å². The number of phenols is 1. The molecule has 0 fully saturated rings. The van der Waals surface area contributed by atoms with E-state index in [0.29, 0.717) is 5.75 Å². The van der Waals surface area contributed by atoms with Crippen molar-refractivity contribution < 1.29 is 10.4 Å². The highest BCUT2D eigenvalue weighted by atomic mass is 16.3. The van der Waals surface area contributed by atoms with E-state index in [1.165, 1.54) is 5.56 Å². The standard InChI is InChI=1S/C19H22N2O/c1-2-8-19-20-16(14-9-4-3-5-10-14)13-17(21-19)15-11-6-7-12-18(15)22/h3-7,9-12,17,19,21-22H,2,8,13H2,1H3/p+1/t17-,19-/m0/s1. The van der Waals surface area contributed by atoms with Gasteiger partial charge in [0.2, 0.25) is 0 Å². The van der Waals surface area contributed by atoms with Gasteiger partial charge in [-0.05, 0) is 24.1 Å². The summed E-state index contributed by atoms with van der Waals surface area (Å²) in [6, 6.07) is 18.3. The molecule has 2 atom stereocenters. The van der Waals surface area contributed by atoms with Gasteiger partial charge in [-0.3, -0.25) is 0 Å². The molecule has 0 aliphatic carbocycles. The van der Waals surface area contributed by atoms with Crippen molar-refractivity contribution in [1.29, 1.82) is 0 Å². The predicted molar refractivity (Wildman–Crippen MR) is 89.1 cm³/mol. The average Bonchev–Trinajstić information content (AvgIpc) is 2.56. The molecule has 3 heteroatoms. The van der Waals surface area contributed by atoms with Crippen molar-refractivity contribution in [2.75, 3.05) is 0 Å². The lowest BCUT2D eigenvalue weighted by Crippen LogP contribution is -2.91. The SMILES string of the molecule is CCC[C@H]1N=C(c2ccccc2)C[C@@H](c2ccccc2O)[NH2+]1. The molecule has 3 nitrogen and oxygen atoms in total. The fourth-order valence-electron chi connectivity index (χ4n) is 3.13. The molecule has 22 heavy (non-hydrogen) atoms. The Kier molecular flexibility index (Phi) is 4.54. The summed E-state index contributed by atoms with van der Waals surface area (Å²) in [5.41, 5.74) is 3.35. The van der Waals surface area contributed by atoms with Crippen molar-refractivity contribution >= 4 is 5.71 Å². The summed E-state index contributed by atoms with van der Waals surface area (Å²) >= 11 is 0. The van der Waals surface area contributed by atoms with Crippen LogP contribution in [0.15, 0.2) is 59.6 Å². The maximum Gasteiger partial charge on any atom is 0.180 e. The zero-order valence-electron chi connectivity index (χ0n) is 12.9. The molecule has 1 heterocycles. The van der Waals surface area contributed by atoms with Crippen LogP contribution < -0.4 is 5.32 Å². The minimum Gasteiger partial charge on any atom is -0.507 e. The van der Waals surface area contributed by atoms with Gasteiger partial charge in [0.15, 0.2) is 6.17 Å². The van der Waals surface area contributed by atoms with Crippen LogP contribution in [0, 0.1) is 0 Å². The van der Waals surface area contributed by atoms with Gasteiger partial charge in [0.05, 0.1) is 11.3 Å². The van der Waals surface area contributed by atoms with E-state index in [-0.39, 0.29) is 12.2 Å². The third-order valence-electron chi connectivity index (χ3n) is 4.22. The number of benzene rings is 2. The normalized spacial score (nSPS) is 21.4. The number of aromatic hydroxyl groups is 1. The van der Waals surface area contributed by atoms with Gasteiger partial charge in [0, 0.05) is 12.8 Å². The largest absolute Gasteiger partial charge is 0.507 e. The van der Waals surface area contributed by atoms with Gasteiger partial charge < -0.3 is 10.4 Å². The Labute approximate surface area is 131 Å². The number of nitrogens with zero attached hydrogens (tertiary/aromatic N) is 1. The Morgan fingerprint density at radius 2 is 1.82 bits per heavy atom. The number of hydrogen-bond donors (Lipinski definition) is 2. The van der Waals surface area contributed by atoms with Gasteiger partial charge in [-0.25, -0.2) is 4.99 Å². The monoisotopic (exact) mass is 295 g/mol. The highest BCUT2D eigenvalue weighted by Crippen LogP contribution is 2.27. The predicted octanol–water partition coefficient (Wildman–Crippen LogP) is 3.02. The first-order valence-electron chi connectivity index (χ1n) is 8.03. The van der Waals surface area contributed by atoms with Crippen LogP contribution in [0.2, 0.25) is 0 Å². The number of aliphatic imine (C=N–C) groups is 1. The lowest BCUT2D eigenvalue weighted by atomic mass is 9.94. The zero-order chi connectivity index (χ0) is 15.4. The second-order valence-corrected chi connectivity index (χ2v) is 5.86. The smallest absolute Gasteiger partial charge is 0.180 e. The van der Waals surface area contributed by atoms with Crippen LogP contribution in [0.5, 0.6) is 5.75 Å². The Hall–Kier alpha value is -2.13. The molecule has 0 saturated heterocycles. The van der Waals surface area contributed by atoms with Crippen molar-refractivity contribution in [1.82, 2.24) is 0 Å². The molecule has 1 aliphatic rings. The number of hydrogen-bond acceptors (Lipinski definition) is 2. The maximum absolute atomic E-state index is 10.2. The first kappa shape index (κ1) is 14.8. The Morgan fingerprint density at radius 1 is 1.09 bits per heavy atom. The molecule has 114 valence electrons. The lowest BCUT2D eigenvalue weighted by molar-refractivity contribution is -0.729. The first-order valence-corrected chi connectivity index (χ1v) is 8.03. The van der Waals surface area contributed by atoms with Crippen LogP contribution in [-0.2, 0) is 0 Å². The number of quaternary nitrogens is 1. The van der Waals surface area contributed by atoms with Gasteiger partial charge in [-0.2, -0.15) is 0 Å². The number of nitrogens with two attached hydrogens (primary N) is 1. The molecule has 2 aromatic rings. The summed E-state index contributed by atoms with van der Waals surface area (Å²) in [4.78, 5) is 4.93. The maximum atomic E-state index is 10.2. The Balaban J connectivity index is 1.92. The van der Waals surface area contributed by atoms with E-state index in [9.17, 15) is 5.11 Å². The van der Waals surface area contributed by atoms with Crippen LogP contribution in [-0.4, -0.2) is 17.0 Å². The summed E-state index contributed by atoms with van der Waals surface area (Å²) in [5, 5.41) is 12.5. The third kappa shape index (κ3) is 3.20. The topological polar surface area (TPSA) is 49.2 Å². The van der Waals surface area contributed by atoms with Crippen LogP contribution in [0.4, 0.5) is 0 Å². The molecule has 0 spiro atoms. The average molecular weight is 295 g/mol. The fraction of sp³-hybridized carbons (Fsp3) is 0.316. The molecule has 0 bridgehead atoms.